The topological polar surface area (TPSA) is 37.8 Å². The molecule has 0 unspecified atom stereocenters. The van der Waals surface area contributed by atoms with Crippen LogP contribution < -0.4 is 5.32 Å². The van der Waals surface area contributed by atoms with Crippen molar-refractivity contribution in [1.29, 1.82) is 0 Å². The molecule has 2 aromatic rings. The average Bonchev–Trinajstić information content (AvgIpc) is 2.39. The van der Waals surface area contributed by atoms with Crippen LogP contribution in [0, 0.1) is 0 Å². The maximum Gasteiger partial charge on any atom is 0.135 e. The highest BCUT2D eigenvalue weighted by molar-refractivity contribution is 6.29. The first kappa shape index (κ1) is 13.8. The minimum Gasteiger partial charge on any atom is -0.340 e. The first-order chi connectivity index (χ1) is 9.21. The van der Waals surface area contributed by atoms with Crippen LogP contribution in [0.4, 0.5) is 11.5 Å². The molecule has 0 bridgehead atoms. The molecule has 1 N–H and O–H groups in total. The molecular weight excluding hydrogens is 258 g/mol. The van der Waals surface area contributed by atoms with Crippen LogP contribution in [0.3, 0.4) is 0 Å². The molecule has 0 aliphatic carbocycles. The second-order valence-corrected chi connectivity index (χ2v) is 4.80. The predicted octanol–water partition coefficient (Wildman–Crippen LogP) is 4.39. The lowest BCUT2D eigenvalue weighted by Crippen LogP contribution is -2.00. The fourth-order valence-corrected chi connectivity index (χ4v) is 2.04. The number of halogens is 1. The van der Waals surface area contributed by atoms with Crippen molar-refractivity contribution in [2.45, 2.75) is 33.1 Å². The van der Waals surface area contributed by atoms with Gasteiger partial charge >= 0.3 is 0 Å². The molecule has 0 aliphatic rings. The lowest BCUT2D eigenvalue weighted by atomic mass is 10.1. The quantitative estimate of drug-likeness (QED) is 0.823. The summed E-state index contributed by atoms with van der Waals surface area (Å²) in [6.07, 6.45) is 2.88. The molecule has 1 aromatic heterocycles. The smallest absolute Gasteiger partial charge is 0.135 e. The summed E-state index contributed by atoms with van der Waals surface area (Å²) in [4.78, 5) is 8.66. The molecule has 0 saturated heterocycles. The van der Waals surface area contributed by atoms with E-state index >= 15 is 0 Å². The molecule has 100 valence electrons. The predicted molar refractivity (Wildman–Crippen MR) is 80.1 cm³/mol. The molecule has 2 rings (SSSR count). The Morgan fingerprint density at radius 3 is 2.47 bits per heavy atom. The number of hydrogen-bond acceptors (Lipinski definition) is 3. The van der Waals surface area contributed by atoms with Gasteiger partial charge < -0.3 is 5.32 Å². The van der Waals surface area contributed by atoms with E-state index in [1.165, 1.54) is 5.56 Å². The SMILES string of the molecule is CCCc1nc(Cl)cc(Nc2ccc(CC)cc2)n1. The van der Waals surface area contributed by atoms with Crippen molar-refractivity contribution in [2.24, 2.45) is 0 Å². The van der Waals surface area contributed by atoms with Gasteiger partial charge in [-0.1, -0.05) is 37.6 Å². The number of nitrogens with one attached hydrogen (secondary N) is 1. The van der Waals surface area contributed by atoms with Crippen LogP contribution in [0.15, 0.2) is 30.3 Å². The zero-order valence-corrected chi connectivity index (χ0v) is 12.0. The van der Waals surface area contributed by atoms with Crippen LogP contribution in [0.25, 0.3) is 0 Å². The summed E-state index contributed by atoms with van der Waals surface area (Å²) in [6, 6.07) is 10.1. The summed E-state index contributed by atoms with van der Waals surface area (Å²) >= 11 is 6.01. The highest BCUT2D eigenvalue weighted by Gasteiger charge is 2.03. The second-order valence-electron chi connectivity index (χ2n) is 4.42. The average molecular weight is 276 g/mol. The Hall–Kier alpha value is -1.61. The molecule has 0 atom stereocenters. The maximum absolute atomic E-state index is 6.01. The van der Waals surface area contributed by atoms with Gasteiger partial charge in [0.25, 0.3) is 0 Å². The van der Waals surface area contributed by atoms with Gasteiger partial charge in [0.2, 0.25) is 0 Å². The molecule has 4 heteroatoms. The van der Waals surface area contributed by atoms with E-state index < -0.39 is 0 Å². The summed E-state index contributed by atoms with van der Waals surface area (Å²) < 4.78 is 0. The molecule has 0 amide bonds. The number of aryl methyl sites for hydroxylation is 2. The van der Waals surface area contributed by atoms with E-state index in [0.717, 1.165) is 36.6 Å². The fourth-order valence-electron chi connectivity index (χ4n) is 1.84. The molecule has 0 radical (unpaired) electrons. The van der Waals surface area contributed by atoms with Crippen LogP contribution in [0.1, 0.15) is 31.7 Å². The minimum atomic E-state index is 0.478. The highest BCUT2D eigenvalue weighted by Crippen LogP contribution is 2.18. The maximum atomic E-state index is 6.01. The summed E-state index contributed by atoms with van der Waals surface area (Å²) in [6.45, 7) is 4.24. The molecule has 1 aromatic carbocycles. The minimum absolute atomic E-state index is 0.478. The third kappa shape index (κ3) is 3.93. The van der Waals surface area contributed by atoms with Gasteiger partial charge in [0, 0.05) is 18.2 Å². The number of nitrogens with zero attached hydrogens (tertiary/aromatic N) is 2. The summed E-state index contributed by atoms with van der Waals surface area (Å²) in [5, 5.41) is 3.74. The molecule has 0 saturated carbocycles. The number of hydrogen-bond donors (Lipinski definition) is 1. The fraction of sp³-hybridized carbons (Fsp3) is 0.333. The summed E-state index contributed by atoms with van der Waals surface area (Å²) in [5.74, 6) is 1.52. The summed E-state index contributed by atoms with van der Waals surface area (Å²) in [5.41, 5.74) is 2.33. The van der Waals surface area contributed by atoms with Crippen molar-refractivity contribution in [3.63, 3.8) is 0 Å². The molecule has 19 heavy (non-hydrogen) atoms. The van der Waals surface area contributed by atoms with Gasteiger partial charge in [-0.15, -0.1) is 0 Å². The van der Waals surface area contributed by atoms with Crippen LogP contribution >= 0.6 is 11.6 Å². The van der Waals surface area contributed by atoms with Gasteiger partial charge in [-0.2, -0.15) is 0 Å². The van der Waals surface area contributed by atoms with Crippen LogP contribution in [-0.2, 0) is 12.8 Å². The lowest BCUT2D eigenvalue weighted by Gasteiger charge is -2.08. The van der Waals surface area contributed by atoms with Gasteiger partial charge in [0.05, 0.1) is 0 Å². The second kappa shape index (κ2) is 6.53. The highest BCUT2D eigenvalue weighted by atomic mass is 35.5. The molecular formula is C15H18ClN3. The number of aromatic nitrogens is 2. The first-order valence-corrected chi connectivity index (χ1v) is 6.98. The Balaban J connectivity index is 2.17. The van der Waals surface area contributed by atoms with E-state index in [2.05, 4.69) is 41.3 Å². The van der Waals surface area contributed by atoms with Crippen molar-refractivity contribution in [2.75, 3.05) is 5.32 Å². The van der Waals surface area contributed by atoms with Gasteiger partial charge in [0.15, 0.2) is 0 Å². The zero-order chi connectivity index (χ0) is 13.7. The van der Waals surface area contributed by atoms with Crippen molar-refractivity contribution in [3.8, 4) is 0 Å². The molecule has 0 aliphatic heterocycles. The Labute approximate surface area is 119 Å². The molecule has 3 nitrogen and oxygen atoms in total. The standard InChI is InChI=1S/C15H18ClN3/c1-3-5-14-18-13(16)10-15(19-14)17-12-8-6-11(4-2)7-9-12/h6-10H,3-5H2,1-2H3,(H,17,18,19). The monoisotopic (exact) mass is 275 g/mol. The van der Waals surface area contributed by atoms with Gasteiger partial charge in [-0.05, 0) is 30.5 Å². The first-order valence-electron chi connectivity index (χ1n) is 6.60. The zero-order valence-electron chi connectivity index (χ0n) is 11.3. The molecule has 0 spiro atoms. The Morgan fingerprint density at radius 2 is 1.84 bits per heavy atom. The molecule has 0 fully saturated rings. The van der Waals surface area contributed by atoms with E-state index in [1.807, 2.05) is 12.1 Å². The van der Waals surface area contributed by atoms with E-state index in [1.54, 1.807) is 6.07 Å². The van der Waals surface area contributed by atoms with Crippen molar-refractivity contribution in [1.82, 2.24) is 9.97 Å². The van der Waals surface area contributed by atoms with Gasteiger partial charge in [0.1, 0.15) is 16.8 Å². The summed E-state index contributed by atoms with van der Waals surface area (Å²) in [7, 11) is 0. The van der Waals surface area contributed by atoms with E-state index in [0.29, 0.717) is 5.15 Å². The van der Waals surface area contributed by atoms with Crippen LogP contribution in [0.5, 0.6) is 0 Å². The lowest BCUT2D eigenvalue weighted by molar-refractivity contribution is 0.837. The van der Waals surface area contributed by atoms with Crippen LogP contribution in [0.2, 0.25) is 5.15 Å². The Kier molecular flexibility index (Phi) is 4.74. The van der Waals surface area contributed by atoms with Gasteiger partial charge in [-0.25, -0.2) is 9.97 Å². The number of benzene rings is 1. The van der Waals surface area contributed by atoms with Crippen molar-refractivity contribution in [3.05, 3.63) is 46.9 Å². The Bertz CT molecular complexity index is 538. The Morgan fingerprint density at radius 1 is 1.11 bits per heavy atom. The van der Waals surface area contributed by atoms with Crippen molar-refractivity contribution < 1.29 is 0 Å². The van der Waals surface area contributed by atoms with Crippen molar-refractivity contribution >= 4 is 23.1 Å². The number of rotatable bonds is 5. The normalized spacial score (nSPS) is 10.5. The molecule has 1 heterocycles. The van der Waals surface area contributed by atoms with E-state index in [-0.39, 0.29) is 0 Å². The van der Waals surface area contributed by atoms with E-state index in [9.17, 15) is 0 Å². The number of anilines is 2. The third-order valence-electron chi connectivity index (χ3n) is 2.85. The van der Waals surface area contributed by atoms with Gasteiger partial charge in [-0.3, -0.25) is 0 Å². The van der Waals surface area contributed by atoms with Crippen LogP contribution in [-0.4, -0.2) is 9.97 Å². The largest absolute Gasteiger partial charge is 0.340 e. The third-order valence-corrected chi connectivity index (χ3v) is 3.04. The van der Waals surface area contributed by atoms with E-state index in [4.69, 9.17) is 11.6 Å².